The number of alkyl halides is 6. The number of carbonyl (C=O) groups is 1. The molecule has 1 saturated heterocycles. The average molecular weight is 544 g/mol. The second-order valence-corrected chi connectivity index (χ2v) is 10.1. The van der Waals surface area contributed by atoms with Crippen molar-refractivity contribution in [2.24, 2.45) is 11.8 Å². The van der Waals surface area contributed by atoms with Crippen molar-refractivity contribution >= 4 is 5.78 Å². The molecule has 1 saturated carbocycles. The van der Waals surface area contributed by atoms with Gasteiger partial charge in [0.15, 0.2) is 5.78 Å². The van der Waals surface area contributed by atoms with E-state index in [9.17, 15) is 35.5 Å². The van der Waals surface area contributed by atoms with Crippen LogP contribution in [0.3, 0.4) is 0 Å². The van der Waals surface area contributed by atoms with Crippen LogP contribution in [0.4, 0.5) is 30.7 Å². The molecule has 0 radical (unpaired) electrons. The van der Waals surface area contributed by atoms with Crippen molar-refractivity contribution in [1.29, 1.82) is 0 Å². The number of fused-ring (bicyclic) bond motifs is 1. The van der Waals surface area contributed by atoms with Crippen LogP contribution in [0.5, 0.6) is 0 Å². The van der Waals surface area contributed by atoms with Gasteiger partial charge in [-0.1, -0.05) is 18.6 Å². The Morgan fingerprint density at radius 2 is 1.50 bits per heavy atom. The molecule has 1 N–H and O–H groups in total. The van der Waals surface area contributed by atoms with Crippen LogP contribution in [0.25, 0.3) is 0 Å². The molecule has 5 rings (SSSR count). The van der Waals surface area contributed by atoms with E-state index in [2.05, 4.69) is 4.90 Å². The maximum Gasteiger partial charge on any atom is 0.416 e. The van der Waals surface area contributed by atoms with Crippen LogP contribution >= 0.6 is 0 Å². The fourth-order valence-electron chi connectivity index (χ4n) is 5.77. The van der Waals surface area contributed by atoms with Gasteiger partial charge < -0.3 is 10.0 Å². The quantitative estimate of drug-likeness (QED) is 0.420. The van der Waals surface area contributed by atoms with Gasteiger partial charge in [0.25, 0.3) is 0 Å². The zero-order chi connectivity index (χ0) is 27.7. The summed E-state index contributed by atoms with van der Waals surface area (Å²) in [4.78, 5) is 14.0. The van der Waals surface area contributed by atoms with Gasteiger partial charge in [0.2, 0.25) is 0 Å². The van der Waals surface area contributed by atoms with Gasteiger partial charge in [-0.3, -0.25) is 4.79 Å². The molecule has 3 atom stereocenters. The van der Waals surface area contributed by atoms with Crippen LogP contribution in [0.15, 0.2) is 54.2 Å². The summed E-state index contributed by atoms with van der Waals surface area (Å²) in [6.07, 6.45) is -2.53. The first kappa shape index (κ1) is 28.1. The van der Waals surface area contributed by atoms with Gasteiger partial charge >= 0.3 is 12.4 Å². The normalized spacial score (nSPS) is 23.6. The molecular formula is C28H28F7NO2. The summed E-state index contributed by atoms with van der Waals surface area (Å²) in [5.41, 5.74) is -0.744. The molecule has 0 bridgehead atoms. The standard InChI is InChI=1S/C19H22FNO.C9H6F6O/c20-15-6-4-13(5-7-15)18-3-1-2-14-11-21(12-19(14)18)16-8-9-17(22)10-16;10-8(11,12)6-1-5(4-16)2-7(3-6)9(13,14)15/h4-7,10,14,18-19H,1-3,8-9,11-12H2;1-3,16H,4H2/t14-,18?,19+;/m0./s1. The number of likely N-dealkylation sites (tertiary alicyclic amines) is 1. The molecule has 0 spiro atoms. The third kappa shape index (κ3) is 6.57. The predicted molar refractivity (Wildman–Crippen MR) is 126 cm³/mol. The smallest absolute Gasteiger partial charge is 0.392 e. The monoisotopic (exact) mass is 543 g/mol. The van der Waals surface area contributed by atoms with Crippen LogP contribution in [-0.2, 0) is 23.8 Å². The highest BCUT2D eigenvalue weighted by Gasteiger charge is 2.42. The van der Waals surface area contributed by atoms with E-state index in [1.807, 2.05) is 18.2 Å². The minimum absolute atomic E-state index is 0.0131. The number of carbonyl (C=O) groups excluding carboxylic acids is 1. The van der Waals surface area contributed by atoms with Gasteiger partial charge in [0, 0.05) is 31.3 Å². The van der Waals surface area contributed by atoms with Gasteiger partial charge in [0.1, 0.15) is 5.82 Å². The van der Waals surface area contributed by atoms with Crippen molar-refractivity contribution in [3.63, 3.8) is 0 Å². The van der Waals surface area contributed by atoms with Gasteiger partial charge in [0.05, 0.1) is 17.7 Å². The van der Waals surface area contributed by atoms with Crippen molar-refractivity contribution < 1.29 is 40.6 Å². The van der Waals surface area contributed by atoms with E-state index >= 15 is 0 Å². The third-order valence-corrected chi connectivity index (χ3v) is 7.59. The van der Waals surface area contributed by atoms with Crippen LogP contribution in [0.1, 0.15) is 60.3 Å². The second kappa shape index (κ2) is 11.1. The number of ketones is 1. The lowest BCUT2D eigenvalue weighted by Gasteiger charge is -2.33. The molecule has 2 aromatic rings. The maximum absolute atomic E-state index is 13.2. The number of hydrogen-bond acceptors (Lipinski definition) is 3. The van der Waals surface area contributed by atoms with Crippen LogP contribution in [0, 0.1) is 17.7 Å². The summed E-state index contributed by atoms with van der Waals surface area (Å²) in [7, 11) is 0. The Morgan fingerprint density at radius 3 is 2.03 bits per heavy atom. The lowest BCUT2D eigenvalue weighted by molar-refractivity contribution is -0.143. The molecule has 3 nitrogen and oxygen atoms in total. The lowest BCUT2D eigenvalue weighted by Crippen LogP contribution is -2.25. The van der Waals surface area contributed by atoms with Gasteiger partial charge in [-0.25, -0.2) is 4.39 Å². The molecule has 2 fully saturated rings. The van der Waals surface area contributed by atoms with E-state index < -0.39 is 35.6 Å². The Bertz CT molecular complexity index is 1140. The number of aliphatic hydroxyl groups excluding tert-OH is 1. The zero-order valence-corrected chi connectivity index (χ0v) is 20.5. The number of nitrogens with zero attached hydrogens (tertiary/aromatic N) is 1. The second-order valence-electron chi connectivity index (χ2n) is 10.1. The molecule has 2 aromatic carbocycles. The Hall–Kier alpha value is -2.88. The fraction of sp³-hybridized carbons (Fsp3) is 0.464. The van der Waals surface area contributed by atoms with Crippen LogP contribution in [0.2, 0.25) is 0 Å². The van der Waals surface area contributed by atoms with Crippen molar-refractivity contribution in [2.75, 3.05) is 13.1 Å². The Kier molecular flexibility index (Phi) is 8.20. The third-order valence-electron chi connectivity index (χ3n) is 7.59. The minimum Gasteiger partial charge on any atom is -0.392 e. The summed E-state index contributed by atoms with van der Waals surface area (Å²) < 4.78 is 86.5. The highest BCUT2D eigenvalue weighted by atomic mass is 19.4. The summed E-state index contributed by atoms with van der Waals surface area (Å²) in [5, 5.41) is 8.58. The van der Waals surface area contributed by atoms with E-state index in [0.717, 1.165) is 25.4 Å². The highest BCUT2D eigenvalue weighted by Crippen LogP contribution is 2.46. The largest absolute Gasteiger partial charge is 0.416 e. The van der Waals surface area contributed by atoms with E-state index in [4.69, 9.17) is 5.11 Å². The number of allylic oxidation sites excluding steroid dienone is 2. The SMILES string of the molecule is O=C1C=C(N2C[C@@H]3CCCC(c4ccc(F)cc4)[C@@H]3C2)CC1.OCc1cc(C(F)(F)F)cc(C(F)(F)F)c1. The Balaban J connectivity index is 0.000000188. The summed E-state index contributed by atoms with van der Waals surface area (Å²) in [5.74, 6) is 2.04. The van der Waals surface area contributed by atoms with Gasteiger partial charge in [-0.05, 0) is 78.5 Å². The molecule has 0 aromatic heterocycles. The number of benzene rings is 2. The highest BCUT2D eigenvalue weighted by molar-refractivity contribution is 5.92. The fourth-order valence-corrected chi connectivity index (χ4v) is 5.77. The van der Waals surface area contributed by atoms with E-state index in [1.54, 1.807) is 12.1 Å². The maximum atomic E-state index is 13.2. The molecule has 206 valence electrons. The first-order valence-electron chi connectivity index (χ1n) is 12.5. The van der Waals surface area contributed by atoms with Crippen molar-refractivity contribution in [3.05, 3.63) is 82.3 Å². The first-order valence-corrected chi connectivity index (χ1v) is 12.5. The lowest BCUT2D eigenvalue weighted by atomic mass is 9.71. The first-order chi connectivity index (χ1) is 17.8. The van der Waals surface area contributed by atoms with Crippen molar-refractivity contribution in [3.8, 4) is 0 Å². The number of hydrogen-bond donors (Lipinski definition) is 1. The number of halogens is 7. The van der Waals surface area contributed by atoms with Crippen molar-refractivity contribution in [1.82, 2.24) is 4.90 Å². The Morgan fingerprint density at radius 1 is 0.868 bits per heavy atom. The number of aliphatic hydroxyl groups is 1. The van der Waals surface area contributed by atoms with E-state index in [-0.39, 0.29) is 17.7 Å². The molecule has 0 amide bonds. The van der Waals surface area contributed by atoms with Gasteiger partial charge in [-0.2, -0.15) is 26.3 Å². The molecule has 3 aliphatic rings. The molecule has 10 heteroatoms. The molecule has 1 aliphatic heterocycles. The Labute approximate surface area is 216 Å². The molecule has 2 aliphatic carbocycles. The summed E-state index contributed by atoms with van der Waals surface area (Å²) >= 11 is 0. The average Bonchev–Trinajstić information content (AvgIpc) is 3.49. The van der Waals surface area contributed by atoms with Crippen molar-refractivity contribution in [2.45, 2.75) is 57.0 Å². The van der Waals surface area contributed by atoms with Crippen LogP contribution < -0.4 is 0 Å². The molecular weight excluding hydrogens is 515 g/mol. The van der Waals surface area contributed by atoms with E-state index in [0.29, 0.717) is 30.4 Å². The minimum atomic E-state index is -4.87. The zero-order valence-electron chi connectivity index (χ0n) is 20.5. The molecule has 1 heterocycles. The summed E-state index contributed by atoms with van der Waals surface area (Å²) in [6.45, 7) is 1.28. The van der Waals surface area contributed by atoms with E-state index in [1.165, 1.54) is 30.5 Å². The summed E-state index contributed by atoms with van der Waals surface area (Å²) in [6, 6.07) is 8.07. The van der Waals surface area contributed by atoms with Crippen LogP contribution in [-0.4, -0.2) is 28.9 Å². The topological polar surface area (TPSA) is 40.5 Å². The van der Waals surface area contributed by atoms with Gasteiger partial charge in [-0.15, -0.1) is 0 Å². The molecule has 38 heavy (non-hydrogen) atoms. The predicted octanol–water partition coefficient (Wildman–Crippen LogP) is 7.10. The molecule has 1 unspecified atom stereocenters. The number of rotatable bonds is 3.